The number of aryl methyl sites for hydroxylation is 2. The summed E-state index contributed by atoms with van der Waals surface area (Å²) in [4.78, 5) is 72.3. The molecular formula is C43H43ClN4O8S. The normalized spacial score (nSPS) is 25.7. The van der Waals surface area contributed by atoms with Gasteiger partial charge in [0, 0.05) is 41.7 Å². The maximum atomic E-state index is 15.0. The molecule has 2 aliphatic carbocycles. The number of aliphatic carboxylic acids is 1. The number of carboxylic acids is 1. The highest BCUT2D eigenvalue weighted by molar-refractivity contribution is 7.22. The van der Waals surface area contributed by atoms with E-state index < -0.39 is 41.0 Å². The summed E-state index contributed by atoms with van der Waals surface area (Å²) in [6.07, 6.45) is 7.85. The molecule has 0 bridgehead atoms. The summed E-state index contributed by atoms with van der Waals surface area (Å²) in [5.74, 6) is -4.71. The highest BCUT2D eigenvalue weighted by Crippen LogP contribution is 2.61. The SMILES string of the molecule is COc1cc(C=CC2C3=CCC4C(=O)N(CCCCCC(=O)O)C(=O)C4C3CC3C(=O)N(c4cc(-c5sc6ccc(Cl)cc6c5C)nn4C)C(=O)C23C)ccc1O. The number of benzene rings is 2. The Morgan fingerprint density at radius 3 is 2.60 bits per heavy atom. The summed E-state index contributed by atoms with van der Waals surface area (Å²) in [5.41, 5.74) is 1.93. The number of carbonyl (C=O) groups excluding carboxylic acids is 4. The Hall–Kier alpha value is -5.27. The molecule has 2 aliphatic heterocycles. The molecule has 1 saturated carbocycles. The van der Waals surface area contributed by atoms with Crippen LogP contribution >= 0.6 is 22.9 Å². The Kier molecular flexibility index (Phi) is 9.88. The molecule has 4 amide bonds. The topological polar surface area (TPSA) is 159 Å². The molecule has 12 nitrogen and oxygen atoms in total. The molecule has 2 N–H and O–H groups in total. The number of anilines is 1. The lowest BCUT2D eigenvalue weighted by atomic mass is 9.52. The standard InChI is InChI=1S/C43H43ClN4O8S/c1-22-27-19-24(44)11-16-34(27)57-38(22)31-21-35(46(3)45-31)48-40(53)30-20-28-25(12-13-26-37(28)41(54)47(39(26)52)17-7-5-6-8-36(50)51)29(43(30,2)42(48)55)14-9-23-10-15-32(49)33(18-23)56-4/h9-12,14-16,18-19,21,26,28-30,37,49H,5-8,13,17,20H2,1-4H3,(H,50,51). The van der Waals surface area contributed by atoms with Gasteiger partial charge in [-0.3, -0.25) is 33.6 Å². The van der Waals surface area contributed by atoms with Crippen molar-refractivity contribution in [1.29, 1.82) is 0 Å². The number of hydrogen-bond acceptors (Lipinski definition) is 9. The van der Waals surface area contributed by atoms with Crippen molar-refractivity contribution in [3.05, 3.63) is 76.3 Å². The Morgan fingerprint density at radius 1 is 1.05 bits per heavy atom. The fraction of sp³-hybridized carbons (Fsp3) is 0.395. The van der Waals surface area contributed by atoms with Crippen LogP contribution in [0.5, 0.6) is 11.5 Å². The van der Waals surface area contributed by atoms with Crippen LogP contribution in [0.3, 0.4) is 0 Å². The number of carboxylic acid groups (broad SMARTS) is 1. The zero-order valence-electron chi connectivity index (χ0n) is 32.0. The van der Waals surface area contributed by atoms with E-state index in [4.69, 9.17) is 26.5 Å². The quantitative estimate of drug-likeness (QED) is 0.0895. The van der Waals surface area contributed by atoms with Crippen molar-refractivity contribution >= 4 is 74.5 Å². The van der Waals surface area contributed by atoms with Gasteiger partial charge in [-0.05, 0) is 92.3 Å². The average molecular weight is 811 g/mol. The number of aromatic nitrogens is 2. The van der Waals surface area contributed by atoms with E-state index in [9.17, 15) is 24.3 Å². The monoisotopic (exact) mass is 810 g/mol. The summed E-state index contributed by atoms with van der Waals surface area (Å²) in [5, 5.41) is 25.7. The van der Waals surface area contributed by atoms with Crippen molar-refractivity contribution in [2.45, 2.75) is 52.4 Å². The first-order chi connectivity index (χ1) is 27.2. The van der Waals surface area contributed by atoms with Gasteiger partial charge in [-0.15, -0.1) is 11.3 Å². The molecule has 4 aromatic rings. The molecule has 296 valence electrons. The molecule has 2 saturated heterocycles. The number of phenols is 1. The number of fused-ring (bicyclic) bond motifs is 5. The second kappa shape index (κ2) is 14.6. The largest absolute Gasteiger partial charge is 0.504 e. The summed E-state index contributed by atoms with van der Waals surface area (Å²) in [6.45, 7) is 4.04. The van der Waals surface area contributed by atoms with Crippen LogP contribution in [0.15, 0.2) is 60.2 Å². The number of rotatable bonds is 11. The number of amides is 4. The first-order valence-corrected chi connectivity index (χ1v) is 20.4. The molecule has 0 radical (unpaired) electrons. The van der Waals surface area contributed by atoms with Crippen LogP contribution < -0.4 is 9.64 Å². The van der Waals surface area contributed by atoms with Gasteiger partial charge in [0.15, 0.2) is 11.5 Å². The predicted molar refractivity (Wildman–Crippen MR) is 216 cm³/mol. The van der Waals surface area contributed by atoms with Gasteiger partial charge in [-0.2, -0.15) is 5.10 Å². The van der Waals surface area contributed by atoms with Crippen LogP contribution in [0.25, 0.3) is 26.7 Å². The lowest BCUT2D eigenvalue weighted by Gasteiger charge is -2.47. The third kappa shape index (κ3) is 6.26. The average Bonchev–Trinajstić information content (AvgIpc) is 3.85. The number of hydrogen-bond donors (Lipinski definition) is 2. The van der Waals surface area contributed by atoms with E-state index in [0.717, 1.165) is 26.1 Å². The van der Waals surface area contributed by atoms with E-state index in [1.54, 1.807) is 41.3 Å². The number of methoxy groups -OCH3 is 1. The highest BCUT2D eigenvalue weighted by Gasteiger charge is 2.67. The number of likely N-dealkylation sites (tertiary alicyclic amines) is 1. The molecule has 4 heterocycles. The number of phenolic OH excluding ortho intramolecular Hbond substituents is 1. The van der Waals surface area contributed by atoms with Gasteiger partial charge in [0.25, 0.3) is 0 Å². The van der Waals surface area contributed by atoms with Gasteiger partial charge in [0.2, 0.25) is 23.6 Å². The molecule has 8 rings (SSSR count). The van der Waals surface area contributed by atoms with Crippen LogP contribution in [0.1, 0.15) is 56.6 Å². The molecule has 0 spiro atoms. The second-order valence-electron chi connectivity index (χ2n) is 15.7. The van der Waals surface area contributed by atoms with E-state index in [0.29, 0.717) is 47.8 Å². The van der Waals surface area contributed by atoms with Crippen molar-refractivity contribution in [1.82, 2.24) is 14.7 Å². The molecular weight excluding hydrogens is 768 g/mol. The van der Waals surface area contributed by atoms with Gasteiger partial charge in [0.05, 0.1) is 35.2 Å². The molecule has 57 heavy (non-hydrogen) atoms. The Morgan fingerprint density at radius 2 is 1.84 bits per heavy atom. The second-order valence-corrected chi connectivity index (χ2v) is 17.2. The fourth-order valence-corrected chi connectivity index (χ4v) is 11.0. The number of nitrogens with zero attached hydrogens (tertiary/aromatic N) is 4. The summed E-state index contributed by atoms with van der Waals surface area (Å²) in [7, 11) is 3.17. The maximum Gasteiger partial charge on any atom is 0.303 e. The molecule has 2 aromatic heterocycles. The van der Waals surface area contributed by atoms with Crippen LogP contribution in [0.2, 0.25) is 5.02 Å². The molecule has 4 aliphatic rings. The Bertz CT molecular complexity index is 2430. The zero-order valence-corrected chi connectivity index (χ0v) is 33.6. The van der Waals surface area contributed by atoms with Crippen LogP contribution in [0.4, 0.5) is 5.82 Å². The molecule has 6 unspecified atom stereocenters. The number of allylic oxidation sites excluding steroid dienone is 3. The van der Waals surface area contributed by atoms with Gasteiger partial charge < -0.3 is 14.9 Å². The van der Waals surface area contributed by atoms with Crippen LogP contribution in [-0.4, -0.2) is 68.1 Å². The van der Waals surface area contributed by atoms with E-state index in [1.807, 2.05) is 50.3 Å². The van der Waals surface area contributed by atoms with E-state index in [2.05, 4.69) is 0 Å². The Labute approximate surface area is 338 Å². The number of aromatic hydroxyl groups is 1. The van der Waals surface area contributed by atoms with Crippen LogP contribution in [0, 0.1) is 41.9 Å². The van der Waals surface area contributed by atoms with Gasteiger partial charge in [0.1, 0.15) is 11.5 Å². The number of carbonyl (C=O) groups is 5. The number of ether oxygens (including phenoxy) is 1. The molecule has 6 atom stereocenters. The molecule has 3 fully saturated rings. The van der Waals surface area contributed by atoms with Gasteiger partial charge >= 0.3 is 5.97 Å². The van der Waals surface area contributed by atoms with Crippen molar-refractivity contribution < 1.29 is 38.9 Å². The van der Waals surface area contributed by atoms with Crippen molar-refractivity contribution in [3.63, 3.8) is 0 Å². The van der Waals surface area contributed by atoms with Crippen LogP contribution in [-0.2, 0) is 31.0 Å². The zero-order chi connectivity index (χ0) is 40.5. The van der Waals surface area contributed by atoms with Crippen molar-refractivity contribution in [2.75, 3.05) is 18.6 Å². The minimum Gasteiger partial charge on any atom is -0.504 e. The first-order valence-electron chi connectivity index (χ1n) is 19.2. The minimum absolute atomic E-state index is 0.0197. The summed E-state index contributed by atoms with van der Waals surface area (Å²) in [6, 6.07) is 12.4. The third-order valence-electron chi connectivity index (χ3n) is 12.6. The lowest BCUT2D eigenvalue weighted by molar-refractivity contribution is -0.141. The number of halogens is 1. The van der Waals surface area contributed by atoms with E-state index in [1.165, 1.54) is 23.0 Å². The molecule has 14 heteroatoms. The van der Waals surface area contributed by atoms with Gasteiger partial charge in [-0.25, -0.2) is 4.90 Å². The minimum atomic E-state index is -1.24. The Balaban J connectivity index is 1.16. The van der Waals surface area contributed by atoms with E-state index in [-0.39, 0.29) is 54.5 Å². The van der Waals surface area contributed by atoms with E-state index >= 15 is 4.79 Å². The van der Waals surface area contributed by atoms with Crippen molar-refractivity contribution in [3.8, 4) is 22.1 Å². The van der Waals surface area contributed by atoms with Crippen molar-refractivity contribution in [2.24, 2.45) is 42.1 Å². The first kappa shape index (κ1) is 38.6. The predicted octanol–water partition coefficient (Wildman–Crippen LogP) is 7.40. The number of unbranched alkanes of at least 4 members (excludes halogenated alkanes) is 2. The summed E-state index contributed by atoms with van der Waals surface area (Å²) < 4.78 is 7.94. The lowest BCUT2D eigenvalue weighted by Crippen LogP contribution is -2.49. The molecule has 2 aromatic carbocycles. The number of thiophene rings is 1. The highest BCUT2D eigenvalue weighted by atomic mass is 35.5. The smallest absolute Gasteiger partial charge is 0.303 e. The summed E-state index contributed by atoms with van der Waals surface area (Å²) >= 11 is 7.88. The maximum absolute atomic E-state index is 15.0. The fourth-order valence-electron chi connectivity index (χ4n) is 9.67. The number of imide groups is 2. The van der Waals surface area contributed by atoms with Gasteiger partial charge in [-0.1, -0.05) is 47.9 Å². The third-order valence-corrected chi connectivity index (χ3v) is 14.1.